The van der Waals surface area contributed by atoms with Gasteiger partial charge in [-0.25, -0.2) is 23.3 Å². The minimum atomic E-state index is -4.42. The highest BCUT2D eigenvalue weighted by molar-refractivity contribution is 5.95. The third kappa shape index (κ3) is 5.89. The Morgan fingerprint density at radius 1 is 1.22 bits per heavy atom. The number of halogens is 5. The molecule has 41 heavy (non-hydrogen) atoms. The Hall–Kier alpha value is -3.65. The molecule has 1 unspecified atom stereocenters. The Bertz CT molecular complexity index is 1440. The standard InChI is InChI=1S/C26H28F5N7O3/c27-25(28)5-3-14(4-6-25)21(35-23(40)18-12-41-37-20(18)13-1-2-13)19-11-38-24(34-19)33-10-17(36-38)8-15-7-16(26(29,30)31)9-32-22(15)39/h10-16,21H,1-9H2,(H,32,39)(H,35,40)/t15?,16-,21+/m1/s1. The van der Waals surface area contributed by atoms with Crippen molar-refractivity contribution in [1.29, 1.82) is 0 Å². The van der Waals surface area contributed by atoms with E-state index in [4.69, 9.17) is 4.52 Å². The number of nitrogens with one attached hydrogen (secondary N) is 2. The number of nitrogens with zero attached hydrogens (tertiary/aromatic N) is 5. The molecule has 0 radical (unpaired) electrons. The number of hydrogen-bond donors (Lipinski definition) is 2. The topological polar surface area (TPSA) is 127 Å². The zero-order chi connectivity index (χ0) is 28.9. The number of aromatic nitrogens is 5. The molecule has 3 aromatic rings. The van der Waals surface area contributed by atoms with Crippen LogP contribution in [-0.2, 0) is 11.2 Å². The second-order valence-corrected chi connectivity index (χ2v) is 11.3. The summed E-state index contributed by atoms with van der Waals surface area (Å²) in [5.74, 6) is -6.28. The van der Waals surface area contributed by atoms with Crippen LogP contribution >= 0.6 is 0 Å². The van der Waals surface area contributed by atoms with Crippen LogP contribution in [-0.4, -0.2) is 55.2 Å². The maximum atomic E-state index is 14.0. The predicted molar refractivity (Wildman–Crippen MR) is 131 cm³/mol. The highest BCUT2D eigenvalue weighted by Crippen LogP contribution is 2.43. The third-order valence-corrected chi connectivity index (χ3v) is 8.28. The molecule has 0 spiro atoms. The van der Waals surface area contributed by atoms with Crippen molar-refractivity contribution in [3.8, 4) is 0 Å². The largest absolute Gasteiger partial charge is 0.393 e. The van der Waals surface area contributed by atoms with Gasteiger partial charge in [-0.2, -0.15) is 18.3 Å². The molecule has 3 aliphatic rings. The second kappa shape index (κ2) is 10.3. The molecule has 1 saturated heterocycles. The van der Waals surface area contributed by atoms with Gasteiger partial charge in [-0.05, 0) is 38.0 Å². The summed E-state index contributed by atoms with van der Waals surface area (Å²) in [7, 11) is 0. The molecule has 3 atom stereocenters. The first-order valence-corrected chi connectivity index (χ1v) is 13.7. The molecule has 4 heterocycles. The van der Waals surface area contributed by atoms with E-state index in [2.05, 4.69) is 30.9 Å². The minimum Gasteiger partial charge on any atom is -0.364 e. The van der Waals surface area contributed by atoms with Gasteiger partial charge in [0.2, 0.25) is 11.8 Å². The van der Waals surface area contributed by atoms with E-state index in [-0.39, 0.29) is 56.1 Å². The summed E-state index contributed by atoms with van der Waals surface area (Å²) in [6, 6.07) is -0.732. The van der Waals surface area contributed by atoms with Crippen LogP contribution in [0.4, 0.5) is 22.0 Å². The lowest BCUT2D eigenvalue weighted by Crippen LogP contribution is -2.47. The van der Waals surface area contributed by atoms with Crippen LogP contribution in [0.1, 0.15) is 84.3 Å². The SMILES string of the molecule is O=C(N[C@H](c1cn2nc(CC3C[C@@H](C(F)(F)F)CNC3=O)cnc2n1)C1CCC(F)(F)CC1)c1conc1C1CC1. The molecule has 10 nitrogen and oxygen atoms in total. The van der Waals surface area contributed by atoms with E-state index in [1.165, 1.54) is 23.2 Å². The highest BCUT2D eigenvalue weighted by atomic mass is 19.4. The molecule has 3 aromatic heterocycles. The molecule has 3 fully saturated rings. The molecular formula is C26H28F5N7O3. The number of rotatable bonds is 7. The van der Waals surface area contributed by atoms with Gasteiger partial charge in [-0.1, -0.05) is 5.16 Å². The zero-order valence-electron chi connectivity index (χ0n) is 21.8. The van der Waals surface area contributed by atoms with E-state index in [0.29, 0.717) is 22.6 Å². The monoisotopic (exact) mass is 581 g/mol. The van der Waals surface area contributed by atoms with Crippen LogP contribution in [0.2, 0.25) is 0 Å². The molecule has 6 rings (SSSR count). The number of piperidine rings is 1. The number of fused-ring (bicyclic) bond motifs is 1. The average Bonchev–Trinajstić information content (AvgIpc) is 3.48. The van der Waals surface area contributed by atoms with Crippen LogP contribution in [0.3, 0.4) is 0 Å². The molecule has 2 aliphatic carbocycles. The maximum Gasteiger partial charge on any atom is 0.393 e. The fourth-order valence-electron chi connectivity index (χ4n) is 5.77. The van der Waals surface area contributed by atoms with Gasteiger partial charge in [0.05, 0.1) is 41.4 Å². The van der Waals surface area contributed by atoms with Gasteiger partial charge >= 0.3 is 6.18 Å². The molecule has 15 heteroatoms. The van der Waals surface area contributed by atoms with E-state index in [9.17, 15) is 31.5 Å². The first-order valence-electron chi connectivity index (χ1n) is 13.7. The van der Waals surface area contributed by atoms with Gasteiger partial charge in [0.1, 0.15) is 11.8 Å². The molecule has 220 valence electrons. The van der Waals surface area contributed by atoms with Crippen molar-refractivity contribution in [3.05, 3.63) is 41.3 Å². The Morgan fingerprint density at radius 3 is 2.68 bits per heavy atom. The van der Waals surface area contributed by atoms with Gasteiger partial charge in [-0.15, -0.1) is 0 Å². The Labute approximate surface area is 230 Å². The van der Waals surface area contributed by atoms with Crippen molar-refractivity contribution in [2.24, 2.45) is 17.8 Å². The van der Waals surface area contributed by atoms with Crippen molar-refractivity contribution in [3.63, 3.8) is 0 Å². The summed E-state index contributed by atoms with van der Waals surface area (Å²) in [5.41, 5.74) is 1.52. The molecular weight excluding hydrogens is 553 g/mol. The summed E-state index contributed by atoms with van der Waals surface area (Å²) >= 11 is 0. The Morgan fingerprint density at radius 2 is 1.98 bits per heavy atom. The number of hydrogen-bond acceptors (Lipinski definition) is 7. The number of carbonyl (C=O) groups excluding carboxylic acids is 2. The second-order valence-electron chi connectivity index (χ2n) is 11.3. The third-order valence-electron chi connectivity index (χ3n) is 8.28. The van der Waals surface area contributed by atoms with Crippen molar-refractivity contribution in [1.82, 2.24) is 35.4 Å². The fraction of sp³-hybridized carbons (Fsp3) is 0.615. The summed E-state index contributed by atoms with van der Waals surface area (Å²) in [4.78, 5) is 34.3. The summed E-state index contributed by atoms with van der Waals surface area (Å²) < 4.78 is 74.0. The van der Waals surface area contributed by atoms with Crippen LogP contribution in [0.25, 0.3) is 5.78 Å². The predicted octanol–water partition coefficient (Wildman–Crippen LogP) is 4.14. The maximum absolute atomic E-state index is 14.0. The number of alkyl halides is 5. The van der Waals surface area contributed by atoms with Gasteiger partial charge in [0.25, 0.3) is 11.7 Å². The lowest BCUT2D eigenvalue weighted by molar-refractivity contribution is -0.183. The normalized spacial score (nSPS) is 24.3. The molecule has 1 aliphatic heterocycles. The molecule has 0 aromatic carbocycles. The molecule has 0 bridgehead atoms. The van der Waals surface area contributed by atoms with E-state index in [1.54, 1.807) is 0 Å². The lowest BCUT2D eigenvalue weighted by atomic mass is 9.81. The highest BCUT2D eigenvalue weighted by Gasteiger charge is 2.45. The van der Waals surface area contributed by atoms with Gasteiger partial charge in [0.15, 0.2) is 0 Å². The quantitative estimate of drug-likeness (QED) is 0.402. The first-order chi connectivity index (χ1) is 19.5. The first kappa shape index (κ1) is 27.5. The number of amides is 2. The summed E-state index contributed by atoms with van der Waals surface area (Å²) in [5, 5.41) is 13.6. The van der Waals surface area contributed by atoms with E-state index >= 15 is 0 Å². The Kier molecular flexibility index (Phi) is 6.92. The summed E-state index contributed by atoms with van der Waals surface area (Å²) in [6.45, 7) is -0.453. The van der Waals surface area contributed by atoms with Crippen LogP contribution in [0, 0.1) is 17.8 Å². The molecule has 2 saturated carbocycles. The smallest absolute Gasteiger partial charge is 0.364 e. The van der Waals surface area contributed by atoms with Crippen molar-refractivity contribution in [2.45, 2.75) is 75.4 Å². The van der Waals surface area contributed by atoms with Crippen LogP contribution < -0.4 is 10.6 Å². The van der Waals surface area contributed by atoms with E-state index in [0.717, 1.165) is 12.8 Å². The zero-order valence-corrected chi connectivity index (χ0v) is 21.8. The van der Waals surface area contributed by atoms with E-state index < -0.39 is 48.3 Å². The van der Waals surface area contributed by atoms with Gasteiger partial charge in [-0.3, -0.25) is 9.59 Å². The number of carbonyl (C=O) groups is 2. The van der Waals surface area contributed by atoms with E-state index in [1.807, 2.05) is 0 Å². The average molecular weight is 582 g/mol. The lowest BCUT2D eigenvalue weighted by Gasteiger charge is -2.33. The molecule has 2 N–H and O–H groups in total. The number of imidazole rings is 1. The minimum absolute atomic E-state index is 0.0514. The fourth-order valence-corrected chi connectivity index (χ4v) is 5.77. The van der Waals surface area contributed by atoms with Crippen LogP contribution in [0.5, 0.6) is 0 Å². The Balaban J connectivity index is 1.24. The van der Waals surface area contributed by atoms with Crippen molar-refractivity contribution in [2.75, 3.05) is 6.54 Å². The van der Waals surface area contributed by atoms with Crippen LogP contribution in [0.15, 0.2) is 23.2 Å². The van der Waals surface area contributed by atoms with Gasteiger partial charge in [0, 0.05) is 37.6 Å². The van der Waals surface area contributed by atoms with Crippen molar-refractivity contribution < 1.29 is 36.1 Å². The molecule has 2 amide bonds. The summed E-state index contributed by atoms with van der Waals surface area (Å²) in [6.07, 6.45) is 0.820. The van der Waals surface area contributed by atoms with Crippen molar-refractivity contribution >= 4 is 17.6 Å². The van der Waals surface area contributed by atoms with Gasteiger partial charge < -0.3 is 15.2 Å².